The highest BCUT2D eigenvalue weighted by Gasteiger charge is 2.30. The number of anilines is 1. The van der Waals surface area contributed by atoms with Gasteiger partial charge in [0.05, 0.1) is 5.69 Å². The zero-order valence-electron chi connectivity index (χ0n) is 12.0. The van der Waals surface area contributed by atoms with Gasteiger partial charge in [0, 0.05) is 25.4 Å². The molecule has 3 nitrogen and oxygen atoms in total. The predicted octanol–water partition coefficient (Wildman–Crippen LogP) is 3.05. The minimum atomic E-state index is 0.0296. The van der Waals surface area contributed by atoms with E-state index in [0.717, 1.165) is 18.5 Å². The highest BCUT2D eigenvalue weighted by molar-refractivity contribution is 5.43. The first-order valence-corrected chi connectivity index (χ1v) is 7.12. The molecule has 104 valence electrons. The van der Waals surface area contributed by atoms with Gasteiger partial charge in [0.15, 0.2) is 0 Å². The van der Waals surface area contributed by atoms with Gasteiger partial charge in [-0.2, -0.15) is 0 Å². The molecule has 1 aromatic carbocycles. The van der Waals surface area contributed by atoms with E-state index in [1.165, 1.54) is 11.1 Å². The molecule has 1 saturated carbocycles. The highest BCUT2D eigenvalue weighted by atomic mass is 16.1. The second kappa shape index (κ2) is 5.16. The molecule has 0 unspecified atom stereocenters. The summed E-state index contributed by atoms with van der Waals surface area (Å²) in [5.74, 6) is 0.668. The van der Waals surface area contributed by atoms with E-state index in [1.54, 1.807) is 17.7 Å². The Bertz CT molecular complexity index is 669. The van der Waals surface area contributed by atoms with Crippen LogP contribution in [0.15, 0.2) is 47.4 Å². The lowest BCUT2D eigenvalue weighted by molar-refractivity contribution is 0.373. The third-order valence-corrected chi connectivity index (χ3v) is 4.22. The minimum absolute atomic E-state index is 0.0296. The fourth-order valence-electron chi connectivity index (χ4n) is 2.95. The van der Waals surface area contributed by atoms with E-state index in [2.05, 4.69) is 36.5 Å². The van der Waals surface area contributed by atoms with Crippen molar-refractivity contribution in [1.29, 1.82) is 0 Å². The van der Waals surface area contributed by atoms with Crippen LogP contribution in [0.1, 0.15) is 29.9 Å². The van der Waals surface area contributed by atoms with Crippen LogP contribution in [0.3, 0.4) is 0 Å². The van der Waals surface area contributed by atoms with Crippen molar-refractivity contribution in [2.24, 2.45) is 7.05 Å². The number of nitrogens with zero attached hydrogens (tertiary/aromatic N) is 1. The quantitative estimate of drug-likeness (QED) is 0.928. The van der Waals surface area contributed by atoms with Gasteiger partial charge in [0.1, 0.15) is 0 Å². The van der Waals surface area contributed by atoms with Crippen molar-refractivity contribution in [1.82, 2.24) is 4.57 Å². The summed E-state index contributed by atoms with van der Waals surface area (Å²) < 4.78 is 1.61. The third kappa shape index (κ3) is 2.48. The van der Waals surface area contributed by atoms with E-state index in [0.29, 0.717) is 12.0 Å². The number of aromatic nitrogens is 1. The first-order chi connectivity index (χ1) is 9.63. The summed E-state index contributed by atoms with van der Waals surface area (Å²) in [6, 6.07) is 12.6. The van der Waals surface area contributed by atoms with Crippen LogP contribution in [0, 0.1) is 6.92 Å². The fraction of sp³-hybridized carbons (Fsp3) is 0.353. The van der Waals surface area contributed by atoms with E-state index < -0.39 is 0 Å². The van der Waals surface area contributed by atoms with Gasteiger partial charge in [0.2, 0.25) is 5.56 Å². The third-order valence-electron chi connectivity index (χ3n) is 4.22. The largest absolute Gasteiger partial charge is 0.381 e. The monoisotopic (exact) mass is 268 g/mol. The van der Waals surface area contributed by atoms with Crippen LogP contribution in [0.2, 0.25) is 0 Å². The highest BCUT2D eigenvalue weighted by Crippen LogP contribution is 2.39. The van der Waals surface area contributed by atoms with Gasteiger partial charge < -0.3 is 9.88 Å². The Hall–Kier alpha value is -2.03. The van der Waals surface area contributed by atoms with Gasteiger partial charge >= 0.3 is 0 Å². The lowest BCUT2D eigenvalue weighted by Crippen LogP contribution is -2.34. The Labute approximate surface area is 119 Å². The number of aryl methyl sites for hydroxylation is 2. The molecule has 0 amide bonds. The number of pyridine rings is 1. The van der Waals surface area contributed by atoms with Gasteiger partial charge in [-0.3, -0.25) is 4.79 Å². The molecular weight excluding hydrogens is 248 g/mol. The van der Waals surface area contributed by atoms with Gasteiger partial charge in [-0.05, 0) is 42.9 Å². The van der Waals surface area contributed by atoms with Gasteiger partial charge in [-0.1, -0.05) is 24.3 Å². The summed E-state index contributed by atoms with van der Waals surface area (Å²) in [7, 11) is 1.78. The molecule has 0 spiro atoms. The Morgan fingerprint density at radius 2 is 1.90 bits per heavy atom. The maximum atomic E-state index is 11.4. The molecule has 0 saturated heterocycles. The van der Waals surface area contributed by atoms with E-state index in [-0.39, 0.29) is 5.56 Å². The zero-order chi connectivity index (χ0) is 14.1. The summed E-state index contributed by atoms with van der Waals surface area (Å²) in [5, 5.41) is 3.51. The van der Waals surface area contributed by atoms with Crippen molar-refractivity contribution < 1.29 is 0 Å². The maximum Gasteiger partial charge on any atom is 0.250 e. The van der Waals surface area contributed by atoms with Gasteiger partial charge in [-0.25, -0.2) is 0 Å². The molecule has 1 fully saturated rings. The van der Waals surface area contributed by atoms with Crippen molar-refractivity contribution in [3.63, 3.8) is 0 Å². The van der Waals surface area contributed by atoms with Crippen molar-refractivity contribution in [3.8, 4) is 0 Å². The number of rotatable bonds is 3. The molecule has 1 aliphatic rings. The predicted molar refractivity (Wildman–Crippen MR) is 82.2 cm³/mol. The lowest BCUT2D eigenvalue weighted by atomic mass is 9.74. The molecule has 0 aliphatic heterocycles. The van der Waals surface area contributed by atoms with E-state index >= 15 is 0 Å². The molecule has 0 atom stereocenters. The average molecular weight is 268 g/mol. The van der Waals surface area contributed by atoms with Crippen LogP contribution in [-0.2, 0) is 7.05 Å². The fourth-order valence-corrected chi connectivity index (χ4v) is 2.95. The van der Waals surface area contributed by atoms with E-state index in [4.69, 9.17) is 0 Å². The molecule has 1 aromatic heterocycles. The molecule has 0 bridgehead atoms. The number of nitrogens with one attached hydrogen (secondary N) is 1. The second-order valence-corrected chi connectivity index (χ2v) is 5.73. The SMILES string of the molecule is Cc1ccccc1C1CC(Nc2ccc(=O)n(C)c2)C1. The smallest absolute Gasteiger partial charge is 0.250 e. The Morgan fingerprint density at radius 3 is 2.60 bits per heavy atom. The first-order valence-electron chi connectivity index (χ1n) is 7.12. The van der Waals surface area contributed by atoms with Crippen molar-refractivity contribution >= 4 is 5.69 Å². The Morgan fingerprint density at radius 1 is 1.15 bits per heavy atom. The summed E-state index contributed by atoms with van der Waals surface area (Å²) in [5.41, 5.74) is 3.92. The van der Waals surface area contributed by atoms with Crippen molar-refractivity contribution in [3.05, 3.63) is 64.1 Å². The molecule has 1 aliphatic carbocycles. The number of hydrogen-bond acceptors (Lipinski definition) is 2. The summed E-state index contributed by atoms with van der Waals surface area (Å²) in [6.07, 6.45) is 4.19. The molecule has 1 N–H and O–H groups in total. The van der Waals surface area contributed by atoms with Crippen LogP contribution < -0.4 is 10.9 Å². The number of benzene rings is 1. The van der Waals surface area contributed by atoms with Crippen LogP contribution in [0.4, 0.5) is 5.69 Å². The van der Waals surface area contributed by atoms with E-state index in [1.807, 2.05) is 12.3 Å². The zero-order valence-corrected chi connectivity index (χ0v) is 12.0. The summed E-state index contributed by atoms with van der Waals surface area (Å²) in [4.78, 5) is 11.4. The summed E-state index contributed by atoms with van der Waals surface area (Å²) in [6.45, 7) is 2.18. The van der Waals surface area contributed by atoms with Crippen LogP contribution >= 0.6 is 0 Å². The summed E-state index contributed by atoms with van der Waals surface area (Å²) >= 11 is 0. The van der Waals surface area contributed by atoms with Crippen LogP contribution in [-0.4, -0.2) is 10.6 Å². The van der Waals surface area contributed by atoms with Gasteiger partial charge in [-0.15, -0.1) is 0 Å². The van der Waals surface area contributed by atoms with Crippen molar-refractivity contribution in [2.45, 2.75) is 31.7 Å². The molecule has 3 rings (SSSR count). The maximum absolute atomic E-state index is 11.4. The molecule has 3 heteroatoms. The Balaban J connectivity index is 1.62. The van der Waals surface area contributed by atoms with Crippen molar-refractivity contribution in [2.75, 3.05) is 5.32 Å². The molecule has 20 heavy (non-hydrogen) atoms. The first kappa shape index (κ1) is 13.0. The number of hydrogen-bond donors (Lipinski definition) is 1. The molecular formula is C17H20N2O. The van der Waals surface area contributed by atoms with Crippen LogP contribution in [0.5, 0.6) is 0 Å². The molecule has 0 radical (unpaired) electrons. The molecule has 2 aromatic rings. The lowest BCUT2D eigenvalue weighted by Gasteiger charge is -2.37. The minimum Gasteiger partial charge on any atom is -0.381 e. The van der Waals surface area contributed by atoms with E-state index in [9.17, 15) is 4.79 Å². The topological polar surface area (TPSA) is 34.0 Å². The normalized spacial score (nSPS) is 21.3. The van der Waals surface area contributed by atoms with Gasteiger partial charge in [0.25, 0.3) is 0 Å². The van der Waals surface area contributed by atoms with Crippen LogP contribution in [0.25, 0.3) is 0 Å². The average Bonchev–Trinajstić information content (AvgIpc) is 2.39. The Kier molecular flexibility index (Phi) is 3.35. The second-order valence-electron chi connectivity index (χ2n) is 5.73. The standard InChI is InChI=1S/C17H20N2O/c1-12-5-3-4-6-16(12)13-9-15(10-13)18-14-7-8-17(20)19(2)11-14/h3-8,11,13,15,18H,9-10H2,1-2H3. The molecule has 1 heterocycles.